The van der Waals surface area contributed by atoms with Crippen LogP contribution in [0.4, 0.5) is 13.2 Å². The Morgan fingerprint density at radius 1 is 1.08 bits per heavy atom. The Morgan fingerprint density at radius 2 is 1.83 bits per heavy atom. The largest absolute Gasteiger partial charge is 0.459 e. The highest BCUT2D eigenvalue weighted by atomic mass is 19.4. The second kappa shape index (κ2) is 6.03. The van der Waals surface area contributed by atoms with Crippen LogP contribution in [-0.2, 0) is 6.18 Å². The van der Waals surface area contributed by atoms with Gasteiger partial charge in [0.05, 0.1) is 11.6 Å². The molecule has 6 heteroatoms. The van der Waals surface area contributed by atoms with Gasteiger partial charge in [0.25, 0.3) is 5.91 Å². The van der Waals surface area contributed by atoms with Gasteiger partial charge in [-0.3, -0.25) is 4.79 Å². The van der Waals surface area contributed by atoms with Crippen molar-refractivity contribution in [3.8, 4) is 0 Å². The average Bonchev–Trinajstić information content (AvgIpc) is 2.98. The maximum Gasteiger partial charge on any atom is 0.416 e. The number of amides is 1. The number of hydrogen-bond acceptors (Lipinski definition) is 2. The van der Waals surface area contributed by atoms with Crippen molar-refractivity contribution in [2.75, 3.05) is 0 Å². The molecule has 3 nitrogen and oxygen atoms in total. The Kier molecular flexibility index (Phi) is 4.05. The van der Waals surface area contributed by atoms with Crippen LogP contribution in [0.5, 0.6) is 0 Å². The topological polar surface area (TPSA) is 42.2 Å². The summed E-state index contributed by atoms with van der Waals surface area (Å²) in [5, 5.41) is 3.55. The van der Waals surface area contributed by atoms with E-state index in [2.05, 4.69) is 5.32 Å². The van der Waals surface area contributed by atoms with Gasteiger partial charge < -0.3 is 9.73 Å². The van der Waals surface area contributed by atoms with E-state index in [1.807, 2.05) is 18.2 Å². The van der Waals surface area contributed by atoms with Crippen LogP contribution in [-0.4, -0.2) is 5.91 Å². The lowest BCUT2D eigenvalue weighted by Crippen LogP contribution is -2.26. The third-order valence-corrected chi connectivity index (χ3v) is 3.67. The van der Waals surface area contributed by atoms with Gasteiger partial charge in [0.1, 0.15) is 11.3 Å². The number of para-hydroxylation sites is 1. The molecule has 3 rings (SSSR count). The van der Waals surface area contributed by atoms with Crippen LogP contribution in [0.25, 0.3) is 11.0 Å². The maximum absolute atomic E-state index is 12.7. The fourth-order valence-corrected chi connectivity index (χ4v) is 2.40. The average molecular weight is 333 g/mol. The number of rotatable bonds is 3. The second-order valence-electron chi connectivity index (χ2n) is 5.46. The number of furan rings is 1. The minimum Gasteiger partial charge on any atom is -0.459 e. The standard InChI is InChI=1S/C18H14F3NO2/c1-11(16-10-12-5-2-3-8-15(12)24-16)22-17(23)13-6-4-7-14(9-13)18(19,20)21/h2-11H,1H3,(H,22,23)/t11-/m1/s1. The van der Waals surface area contributed by atoms with Crippen molar-refractivity contribution in [2.45, 2.75) is 19.1 Å². The summed E-state index contributed by atoms with van der Waals surface area (Å²) in [6, 6.07) is 13.0. The molecule has 0 bridgehead atoms. The Labute approximate surface area is 136 Å². The van der Waals surface area contributed by atoms with Crippen LogP contribution in [0, 0.1) is 0 Å². The number of benzene rings is 2. The van der Waals surface area contributed by atoms with E-state index in [0.29, 0.717) is 11.3 Å². The molecular formula is C18H14F3NO2. The summed E-state index contributed by atoms with van der Waals surface area (Å²) in [5.74, 6) is -0.0504. The van der Waals surface area contributed by atoms with Gasteiger partial charge in [-0.05, 0) is 37.3 Å². The lowest BCUT2D eigenvalue weighted by atomic mass is 10.1. The summed E-state index contributed by atoms with van der Waals surface area (Å²) >= 11 is 0. The van der Waals surface area contributed by atoms with Crippen LogP contribution in [0.2, 0.25) is 0 Å². The lowest BCUT2D eigenvalue weighted by Gasteiger charge is -2.13. The first kappa shape index (κ1) is 16.1. The first-order chi connectivity index (χ1) is 11.3. The van der Waals surface area contributed by atoms with Gasteiger partial charge in [0.15, 0.2) is 0 Å². The van der Waals surface area contributed by atoms with Gasteiger partial charge in [-0.1, -0.05) is 24.3 Å². The number of carbonyl (C=O) groups excluding carboxylic acids is 1. The third-order valence-electron chi connectivity index (χ3n) is 3.67. The van der Waals surface area contributed by atoms with Crippen LogP contribution in [0.15, 0.2) is 59.0 Å². The fraction of sp³-hybridized carbons (Fsp3) is 0.167. The van der Waals surface area contributed by atoms with Crippen molar-refractivity contribution in [1.82, 2.24) is 5.32 Å². The molecule has 0 aliphatic heterocycles. The smallest absolute Gasteiger partial charge is 0.416 e. The molecule has 1 amide bonds. The van der Waals surface area contributed by atoms with Gasteiger partial charge in [-0.2, -0.15) is 13.2 Å². The van der Waals surface area contributed by atoms with E-state index < -0.39 is 23.7 Å². The Morgan fingerprint density at radius 3 is 2.54 bits per heavy atom. The summed E-state index contributed by atoms with van der Waals surface area (Å²) in [7, 11) is 0. The predicted molar refractivity (Wildman–Crippen MR) is 83.5 cm³/mol. The predicted octanol–water partition coefficient (Wildman–Crippen LogP) is 4.94. The molecular weight excluding hydrogens is 319 g/mol. The monoisotopic (exact) mass is 333 g/mol. The molecule has 0 saturated carbocycles. The van der Waals surface area contributed by atoms with E-state index in [0.717, 1.165) is 17.5 Å². The van der Waals surface area contributed by atoms with Gasteiger partial charge >= 0.3 is 6.18 Å². The fourth-order valence-electron chi connectivity index (χ4n) is 2.40. The highest BCUT2D eigenvalue weighted by Gasteiger charge is 2.31. The quantitative estimate of drug-likeness (QED) is 0.737. The molecule has 0 fully saturated rings. The SMILES string of the molecule is C[C@@H](NC(=O)c1cccc(C(F)(F)F)c1)c1cc2ccccc2o1. The second-order valence-corrected chi connectivity index (χ2v) is 5.46. The van der Waals surface area contributed by atoms with Crippen LogP contribution >= 0.6 is 0 Å². The molecule has 0 spiro atoms. The molecule has 0 saturated heterocycles. The van der Waals surface area contributed by atoms with Crippen molar-refractivity contribution in [1.29, 1.82) is 0 Å². The number of hydrogen-bond donors (Lipinski definition) is 1. The molecule has 0 aliphatic carbocycles. The van der Waals surface area contributed by atoms with Crippen LogP contribution in [0.3, 0.4) is 0 Å². The van der Waals surface area contributed by atoms with Crippen LogP contribution < -0.4 is 5.32 Å². The number of alkyl halides is 3. The van der Waals surface area contributed by atoms with E-state index in [-0.39, 0.29) is 5.56 Å². The third kappa shape index (κ3) is 3.27. The lowest BCUT2D eigenvalue weighted by molar-refractivity contribution is -0.137. The molecule has 1 heterocycles. The van der Waals surface area contributed by atoms with E-state index in [9.17, 15) is 18.0 Å². The highest BCUT2D eigenvalue weighted by Crippen LogP contribution is 2.30. The minimum atomic E-state index is -4.49. The molecule has 124 valence electrons. The Hall–Kier alpha value is -2.76. The Bertz CT molecular complexity index is 850. The maximum atomic E-state index is 12.7. The van der Waals surface area contributed by atoms with Crippen molar-refractivity contribution in [2.24, 2.45) is 0 Å². The number of carbonyl (C=O) groups is 1. The summed E-state index contributed by atoms with van der Waals surface area (Å²) in [5.41, 5.74) is -0.216. The zero-order chi connectivity index (χ0) is 17.3. The molecule has 0 aliphatic rings. The van der Waals surface area contributed by atoms with E-state index in [4.69, 9.17) is 4.42 Å². The molecule has 2 aromatic carbocycles. The molecule has 1 aromatic heterocycles. The zero-order valence-corrected chi connectivity index (χ0v) is 12.7. The highest BCUT2D eigenvalue weighted by molar-refractivity contribution is 5.94. The zero-order valence-electron chi connectivity index (χ0n) is 12.7. The van der Waals surface area contributed by atoms with Gasteiger partial charge in [-0.25, -0.2) is 0 Å². The van der Waals surface area contributed by atoms with E-state index in [1.54, 1.807) is 19.1 Å². The van der Waals surface area contributed by atoms with Crippen LogP contribution in [0.1, 0.15) is 34.6 Å². The summed E-state index contributed by atoms with van der Waals surface area (Å²) in [4.78, 5) is 12.2. The number of nitrogens with one attached hydrogen (secondary N) is 1. The molecule has 24 heavy (non-hydrogen) atoms. The normalized spacial score (nSPS) is 13.0. The van der Waals surface area contributed by atoms with Crippen molar-refractivity contribution < 1.29 is 22.4 Å². The first-order valence-electron chi connectivity index (χ1n) is 7.31. The molecule has 0 unspecified atom stereocenters. The summed E-state index contributed by atoms with van der Waals surface area (Å²) in [6.07, 6.45) is -4.49. The van der Waals surface area contributed by atoms with E-state index in [1.165, 1.54) is 12.1 Å². The van der Waals surface area contributed by atoms with Gasteiger partial charge in [-0.15, -0.1) is 0 Å². The summed E-state index contributed by atoms with van der Waals surface area (Å²) < 4.78 is 43.8. The number of halogens is 3. The van der Waals surface area contributed by atoms with E-state index >= 15 is 0 Å². The summed E-state index contributed by atoms with van der Waals surface area (Å²) in [6.45, 7) is 1.71. The number of fused-ring (bicyclic) bond motifs is 1. The first-order valence-corrected chi connectivity index (χ1v) is 7.31. The van der Waals surface area contributed by atoms with Crippen molar-refractivity contribution in [3.63, 3.8) is 0 Å². The van der Waals surface area contributed by atoms with Crippen molar-refractivity contribution >= 4 is 16.9 Å². The van der Waals surface area contributed by atoms with Gasteiger partial charge in [0.2, 0.25) is 0 Å². The molecule has 1 atom stereocenters. The molecule has 3 aromatic rings. The molecule has 1 N–H and O–H groups in total. The van der Waals surface area contributed by atoms with Crippen molar-refractivity contribution in [3.05, 3.63) is 71.5 Å². The minimum absolute atomic E-state index is 0.0483. The molecule has 0 radical (unpaired) electrons. The Balaban J connectivity index is 1.79. The van der Waals surface area contributed by atoms with Gasteiger partial charge in [0, 0.05) is 10.9 Å².